The maximum absolute atomic E-state index is 13.1. The van der Waals surface area contributed by atoms with E-state index in [4.69, 9.17) is 0 Å². The monoisotopic (exact) mass is 340 g/mol. The Kier molecular flexibility index (Phi) is 5.28. The Labute approximate surface area is 149 Å². The van der Waals surface area contributed by atoms with E-state index in [1.54, 1.807) is 10.6 Å². The van der Waals surface area contributed by atoms with Crippen molar-refractivity contribution in [3.05, 3.63) is 63.6 Å². The van der Waals surface area contributed by atoms with Crippen molar-refractivity contribution in [3.8, 4) is 5.75 Å². The molecule has 1 aromatic heterocycles. The van der Waals surface area contributed by atoms with E-state index in [-0.39, 0.29) is 17.4 Å². The second-order valence-corrected chi connectivity index (χ2v) is 7.17. The molecule has 1 unspecified atom stereocenters. The molecule has 1 aliphatic heterocycles. The van der Waals surface area contributed by atoms with Gasteiger partial charge >= 0.3 is 0 Å². The van der Waals surface area contributed by atoms with Crippen molar-refractivity contribution in [1.82, 2.24) is 9.47 Å². The summed E-state index contributed by atoms with van der Waals surface area (Å²) in [5, 5.41) is 10.7. The van der Waals surface area contributed by atoms with Crippen molar-refractivity contribution in [2.45, 2.75) is 46.2 Å². The molecule has 4 nitrogen and oxygen atoms in total. The third kappa shape index (κ3) is 3.49. The second kappa shape index (κ2) is 7.44. The standard InChI is InChI=1S/C21H28N2O2/c1-4-23-16(3)14-18(24)19(21(23)25)20(17-8-6-5-7-9-17)22-12-10-15(2)11-13-22/h5-9,14-15,20,24H,4,10-13H2,1-3H3. The fraction of sp³-hybridized carbons (Fsp3) is 0.476. The molecule has 1 N–H and O–H groups in total. The lowest BCUT2D eigenvalue weighted by atomic mass is 9.92. The molecule has 0 spiro atoms. The fourth-order valence-electron chi connectivity index (χ4n) is 3.90. The predicted molar refractivity (Wildman–Crippen MR) is 101 cm³/mol. The molecular weight excluding hydrogens is 312 g/mol. The highest BCUT2D eigenvalue weighted by Crippen LogP contribution is 2.35. The minimum atomic E-state index is -0.195. The van der Waals surface area contributed by atoms with Gasteiger partial charge in [-0.1, -0.05) is 37.3 Å². The molecule has 0 aliphatic carbocycles. The molecule has 1 aliphatic rings. The fourth-order valence-corrected chi connectivity index (χ4v) is 3.90. The van der Waals surface area contributed by atoms with E-state index in [9.17, 15) is 9.90 Å². The summed E-state index contributed by atoms with van der Waals surface area (Å²) in [6.45, 7) is 8.61. The number of rotatable bonds is 4. The molecule has 2 heterocycles. The van der Waals surface area contributed by atoms with Crippen molar-refractivity contribution in [2.75, 3.05) is 13.1 Å². The molecule has 0 saturated carbocycles. The lowest BCUT2D eigenvalue weighted by molar-refractivity contribution is 0.154. The van der Waals surface area contributed by atoms with E-state index in [1.165, 1.54) is 0 Å². The van der Waals surface area contributed by atoms with Gasteiger partial charge in [-0.05, 0) is 57.3 Å². The number of hydrogen-bond donors (Lipinski definition) is 1. The smallest absolute Gasteiger partial charge is 0.259 e. The molecular formula is C21H28N2O2. The van der Waals surface area contributed by atoms with Crippen LogP contribution in [0.2, 0.25) is 0 Å². The normalized spacial score (nSPS) is 17.6. The molecule has 25 heavy (non-hydrogen) atoms. The topological polar surface area (TPSA) is 45.5 Å². The van der Waals surface area contributed by atoms with Gasteiger partial charge in [0.2, 0.25) is 0 Å². The van der Waals surface area contributed by atoms with Gasteiger partial charge in [0, 0.05) is 12.2 Å². The molecule has 4 heteroatoms. The number of piperidine rings is 1. The first-order valence-corrected chi connectivity index (χ1v) is 9.25. The van der Waals surface area contributed by atoms with Crippen molar-refractivity contribution in [1.29, 1.82) is 0 Å². The maximum atomic E-state index is 13.1. The molecule has 1 aromatic carbocycles. The van der Waals surface area contributed by atoms with Crippen molar-refractivity contribution >= 4 is 0 Å². The van der Waals surface area contributed by atoms with E-state index in [2.05, 4.69) is 24.0 Å². The summed E-state index contributed by atoms with van der Waals surface area (Å²) in [5.41, 5.74) is 2.30. The van der Waals surface area contributed by atoms with Gasteiger partial charge < -0.3 is 9.67 Å². The summed E-state index contributed by atoms with van der Waals surface area (Å²) in [7, 11) is 0. The number of nitrogens with zero attached hydrogens (tertiary/aromatic N) is 2. The van der Waals surface area contributed by atoms with Gasteiger partial charge in [-0.2, -0.15) is 0 Å². The van der Waals surface area contributed by atoms with Gasteiger partial charge in [0.15, 0.2) is 0 Å². The van der Waals surface area contributed by atoms with Crippen LogP contribution in [-0.2, 0) is 6.54 Å². The zero-order valence-corrected chi connectivity index (χ0v) is 15.4. The first-order valence-electron chi connectivity index (χ1n) is 9.25. The minimum Gasteiger partial charge on any atom is -0.507 e. The molecule has 3 rings (SSSR count). The number of likely N-dealkylation sites (tertiary alicyclic amines) is 1. The number of benzene rings is 1. The first-order chi connectivity index (χ1) is 12.0. The third-order valence-electron chi connectivity index (χ3n) is 5.41. The average molecular weight is 340 g/mol. The molecule has 1 saturated heterocycles. The van der Waals surface area contributed by atoms with Gasteiger partial charge in [-0.3, -0.25) is 9.69 Å². The van der Waals surface area contributed by atoms with Crippen LogP contribution in [0.1, 0.15) is 49.6 Å². The first kappa shape index (κ1) is 17.7. The Bertz CT molecular complexity index is 774. The summed E-state index contributed by atoms with van der Waals surface area (Å²) in [5.74, 6) is 0.825. The lowest BCUT2D eigenvalue weighted by Gasteiger charge is -2.37. The largest absolute Gasteiger partial charge is 0.507 e. The van der Waals surface area contributed by atoms with Crippen LogP contribution in [0.25, 0.3) is 0 Å². The number of aryl methyl sites for hydroxylation is 1. The highest BCUT2D eigenvalue weighted by Gasteiger charge is 2.30. The Morgan fingerprint density at radius 1 is 1.20 bits per heavy atom. The van der Waals surface area contributed by atoms with Crippen LogP contribution in [0.15, 0.2) is 41.2 Å². The Hall–Kier alpha value is -2.07. The highest BCUT2D eigenvalue weighted by atomic mass is 16.3. The van der Waals surface area contributed by atoms with Gasteiger partial charge in [-0.15, -0.1) is 0 Å². The summed E-state index contributed by atoms with van der Waals surface area (Å²) in [6.07, 6.45) is 2.25. The predicted octanol–water partition coefficient (Wildman–Crippen LogP) is 3.70. The van der Waals surface area contributed by atoms with Gasteiger partial charge in [0.1, 0.15) is 5.75 Å². The molecule has 134 valence electrons. The quantitative estimate of drug-likeness (QED) is 0.923. The van der Waals surface area contributed by atoms with Crippen LogP contribution in [0.4, 0.5) is 0 Å². The number of aromatic nitrogens is 1. The summed E-state index contributed by atoms with van der Waals surface area (Å²) in [6, 6.07) is 11.6. The van der Waals surface area contributed by atoms with Crippen LogP contribution in [0.3, 0.4) is 0 Å². The van der Waals surface area contributed by atoms with Crippen molar-refractivity contribution in [2.24, 2.45) is 5.92 Å². The summed E-state index contributed by atoms with van der Waals surface area (Å²) >= 11 is 0. The van der Waals surface area contributed by atoms with E-state index < -0.39 is 0 Å². The van der Waals surface area contributed by atoms with E-state index in [0.29, 0.717) is 18.0 Å². The number of pyridine rings is 1. The Morgan fingerprint density at radius 3 is 2.44 bits per heavy atom. The molecule has 1 fully saturated rings. The van der Waals surface area contributed by atoms with Crippen LogP contribution in [-0.4, -0.2) is 27.7 Å². The average Bonchev–Trinajstić information content (AvgIpc) is 2.60. The van der Waals surface area contributed by atoms with Crippen LogP contribution < -0.4 is 5.56 Å². The lowest BCUT2D eigenvalue weighted by Crippen LogP contribution is -2.40. The second-order valence-electron chi connectivity index (χ2n) is 7.17. The van der Waals surface area contributed by atoms with E-state index in [0.717, 1.165) is 37.2 Å². The van der Waals surface area contributed by atoms with E-state index in [1.807, 2.05) is 32.0 Å². The summed E-state index contributed by atoms with van der Waals surface area (Å²) < 4.78 is 1.75. The zero-order chi connectivity index (χ0) is 18.0. The maximum Gasteiger partial charge on any atom is 0.259 e. The molecule has 0 bridgehead atoms. The van der Waals surface area contributed by atoms with Gasteiger partial charge in [0.05, 0.1) is 11.6 Å². The van der Waals surface area contributed by atoms with Crippen LogP contribution in [0.5, 0.6) is 5.75 Å². The minimum absolute atomic E-state index is 0.0764. The summed E-state index contributed by atoms with van der Waals surface area (Å²) in [4.78, 5) is 15.5. The molecule has 2 aromatic rings. The Balaban J connectivity index is 2.14. The highest BCUT2D eigenvalue weighted by molar-refractivity contribution is 5.41. The van der Waals surface area contributed by atoms with E-state index >= 15 is 0 Å². The molecule has 0 radical (unpaired) electrons. The van der Waals surface area contributed by atoms with Crippen LogP contribution >= 0.6 is 0 Å². The van der Waals surface area contributed by atoms with Gasteiger partial charge in [0.25, 0.3) is 5.56 Å². The molecule has 1 atom stereocenters. The van der Waals surface area contributed by atoms with Crippen LogP contribution in [0, 0.1) is 12.8 Å². The number of aromatic hydroxyl groups is 1. The number of hydrogen-bond acceptors (Lipinski definition) is 3. The Morgan fingerprint density at radius 2 is 1.84 bits per heavy atom. The van der Waals surface area contributed by atoms with Crippen molar-refractivity contribution in [3.63, 3.8) is 0 Å². The third-order valence-corrected chi connectivity index (χ3v) is 5.41. The molecule has 0 amide bonds. The zero-order valence-electron chi connectivity index (χ0n) is 15.4. The SMILES string of the molecule is CCn1c(C)cc(O)c(C(c2ccccc2)N2CCC(C)CC2)c1=O. The van der Waals surface area contributed by atoms with Crippen molar-refractivity contribution < 1.29 is 5.11 Å². The van der Waals surface area contributed by atoms with Gasteiger partial charge in [-0.25, -0.2) is 0 Å².